The van der Waals surface area contributed by atoms with Crippen LogP contribution in [-0.4, -0.2) is 36.5 Å². The molecule has 1 aliphatic carbocycles. The van der Waals surface area contributed by atoms with Gasteiger partial charge in [0.15, 0.2) is 0 Å². The Kier molecular flexibility index (Phi) is 1.87. The van der Waals surface area contributed by atoms with Crippen LogP contribution in [0.1, 0.15) is 19.3 Å². The average Bonchev–Trinajstić information content (AvgIpc) is 2.02. The molecule has 2 aliphatic rings. The standard InChI is InChI=1S/C8H15NO2/c10-5-7-4-9-8(6-11-7)2-1-3-8/h7,9-10H,1-6H2. The maximum Gasteiger partial charge on any atom is 0.0930 e. The van der Waals surface area contributed by atoms with E-state index < -0.39 is 0 Å². The van der Waals surface area contributed by atoms with E-state index in [4.69, 9.17) is 9.84 Å². The third-order valence-corrected chi connectivity index (χ3v) is 2.81. The highest BCUT2D eigenvalue weighted by Crippen LogP contribution is 2.33. The van der Waals surface area contributed by atoms with Crippen LogP contribution in [0, 0.1) is 0 Å². The molecule has 1 atom stereocenters. The van der Waals surface area contributed by atoms with Crippen molar-refractivity contribution in [2.24, 2.45) is 0 Å². The van der Waals surface area contributed by atoms with E-state index in [1.54, 1.807) is 0 Å². The summed E-state index contributed by atoms with van der Waals surface area (Å²) in [6, 6.07) is 0. The molecule has 64 valence electrons. The number of nitrogens with one attached hydrogen (secondary N) is 1. The minimum Gasteiger partial charge on any atom is -0.394 e. The second-order valence-electron chi connectivity index (χ2n) is 3.63. The molecule has 0 aromatic heterocycles. The summed E-state index contributed by atoms with van der Waals surface area (Å²) in [5.41, 5.74) is 0.297. The molecule has 0 aromatic carbocycles. The van der Waals surface area contributed by atoms with Crippen LogP contribution in [0.15, 0.2) is 0 Å². The number of morpholine rings is 1. The summed E-state index contributed by atoms with van der Waals surface area (Å²) in [6.07, 6.45) is 3.83. The molecule has 2 N–H and O–H groups in total. The first-order valence-corrected chi connectivity index (χ1v) is 4.32. The molecule has 0 bridgehead atoms. The predicted molar refractivity (Wildman–Crippen MR) is 41.4 cm³/mol. The highest BCUT2D eigenvalue weighted by molar-refractivity contribution is 4.98. The Morgan fingerprint density at radius 3 is 2.73 bits per heavy atom. The molecule has 1 saturated carbocycles. The van der Waals surface area contributed by atoms with Crippen LogP contribution in [0.25, 0.3) is 0 Å². The topological polar surface area (TPSA) is 41.5 Å². The molecule has 1 saturated heterocycles. The highest BCUT2D eigenvalue weighted by Gasteiger charge is 2.40. The minimum atomic E-state index is 0.0289. The van der Waals surface area contributed by atoms with Crippen LogP contribution in [0.3, 0.4) is 0 Å². The van der Waals surface area contributed by atoms with Crippen molar-refractivity contribution in [3.63, 3.8) is 0 Å². The molecule has 3 heteroatoms. The summed E-state index contributed by atoms with van der Waals surface area (Å²) in [7, 11) is 0. The number of aliphatic hydroxyl groups excluding tert-OH is 1. The maximum atomic E-state index is 8.79. The van der Waals surface area contributed by atoms with Crippen molar-refractivity contribution in [2.45, 2.75) is 30.9 Å². The normalized spacial score (nSPS) is 35.2. The van der Waals surface area contributed by atoms with Gasteiger partial charge in [0.2, 0.25) is 0 Å². The van der Waals surface area contributed by atoms with Crippen LogP contribution in [0.5, 0.6) is 0 Å². The largest absolute Gasteiger partial charge is 0.394 e. The van der Waals surface area contributed by atoms with E-state index in [2.05, 4.69) is 5.32 Å². The average molecular weight is 157 g/mol. The van der Waals surface area contributed by atoms with Gasteiger partial charge in [0.25, 0.3) is 0 Å². The van der Waals surface area contributed by atoms with Crippen LogP contribution < -0.4 is 5.32 Å². The van der Waals surface area contributed by atoms with Gasteiger partial charge in [0.05, 0.1) is 19.3 Å². The summed E-state index contributed by atoms with van der Waals surface area (Å²) >= 11 is 0. The van der Waals surface area contributed by atoms with Gasteiger partial charge in [-0.05, 0) is 19.3 Å². The van der Waals surface area contributed by atoms with Gasteiger partial charge in [-0.2, -0.15) is 0 Å². The molecular weight excluding hydrogens is 142 g/mol. The van der Waals surface area contributed by atoms with E-state index in [1.165, 1.54) is 19.3 Å². The lowest BCUT2D eigenvalue weighted by molar-refractivity contribution is -0.0777. The summed E-state index contributed by atoms with van der Waals surface area (Å²) in [6.45, 7) is 1.75. The minimum absolute atomic E-state index is 0.0289. The second kappa shape index (κ2) is 2.73. The van der Waals surface area contributed by atoms with Gasteiger partial charge >= 0.3 is 0 Å². The quantitative estimate of drug-likeness (QED) is 0.558. The Morgan fingerprint density at radius 2 is 2.36 bits per heavy atom. The first-order valence-electron chi connectivity index (χ1n) is 4.32. The fraction of sp³-hybridized carbons (Fsp3) is 1.00. The van der Waals surface area contributed by atoms with Crippen LogP contribution in [0.4, 0.5) is 0 Å². The van der Waals surface area contributed by atoms with E-state index in [9.17, 15) is 0 Å². The maximum absolute atomic E-state index is 8.79. The Balaban J connectivity index is 1.84. The number of rotatable bonds is 1. The van der Waals surface area contributed by atoms with Crippen molar-refractivity contribution in [2.75, 3.05) is 19.8 Å². The molecule has 0 radical (unpaired) electrons. The van der Waals surface area contributed by atoms with Crippen molar-refractivity contribution in [1.82, 2.24) is 5.32 Å². The monoisotopic (exact) mass is 157 g/mol. The second-order valence-corrected chi connectivity index (χ2v) is 3.63. The van der Waals surface area contributed by atoms with Crippen molar-refractivity contribution < 1.29 is 9.84 Å². The van der Waals surface area contributed by atoms with Crippen LogP contribution in [-0.2, 0) is 4.74 Å². The summed E-state index contributed by atoms with van der Waals surface area (Å²) in [5.74, 6) is 0. The van der Waals surface area contributed by atoms with Gasteiger partial charge in [-0.1, -0.05) is 0 Å². The lowest BCUT2D eigenvalue weighted by Crippen LogP contribution is -2.61. The lowest BCUT2D eigenvalue weighted by atomic mass is 9.76. The number of hydrogen-bond donors (Lipinski definition) is 2. The molecule has 1 aliphatic heterocycles. The Labute approximate surface area is 66.7 Å². The van der Waals surface area contributed by atoms with E-state index in [1.807, 2.05) is 0 Å². The molecule has 3 nitrogen and oxygen atoms in total. The number of hydrogen-bond acceptors (Lipinski definition) is 3. The molecular formula is C8H15NO2. The van der Waals surface area contributed by atoms with Gasteiger partial charge in [0.1, 0.15) is 0 Å². The zero-order valence-corrected chi connectivity index (χ0v) is 6.68. The molecule has 0 amide bonds. The van der Waals surface area contributed by atoms with Crippen molar-refractivity contribution in [3.8, 4) is 0 Å². The van der Waals surface area contributed by atoms with Gasteiger partial charge in [-0.25, -0.2) is 0 Å². The lowest BCUT2D eigenvalue weighted by Gasteiger charge is -2.47. The van der Waals surface area contributed by atoms with Crippen molar-refractivity contribution >= 4 is 0 Å². The Morgan fingerprint density at radius 1 is 1.55 bits per heavy atom. The highest BCUT2D eigenvalue weighted by atomic mass is 16.5. The third-order valence-electron chi connectivity index (χ3n) is 2.81. The smallest absolute Gasteiger partial charge is 0.0930 e. The molecule has 11 heavy (non-hydrogen) atoms. The Hall–Kier alpha value is -0.120. The van der Waals surface area contributed by atoms with Crippen molar-refractivity contribution in [1.29, 1.82) is 0 Å². The van der Waals surface area contributed by atoms with Gasteiger partial charge in [0, 0.05) is 12.1 Å². The van der Waals surface area contributed by atoms with Crippen LogP contribution in [0.2, 0.25) is 0 Å². The first kappa shape index (κ1) is 7.53. The van der Waals surface area contributed by atoms with E-state index in [0.717, 1.165) is 13.2 Å². The predicted octanol–water partition coefficient (Wildman–Crippen LogP) is -0.110. The summed E-state index contributed by atoms with van der Waals surface area (Å²) in [4.78, 5) is 0. The van der Waals surface area contributed by atoms with Crippen molar-refractivity contribution in [3.05, 3.63) is 0 Å². The van der Waals surface area contributed by atoms with Gasteiger partial charge in [-0.3, -0.25) is 0 Å². The zero-order chi connectivity index (χ0) is 7.73. The van der Waals surface area contributed by atoms with E-state index >= 15 is 0 Å². The fourth-order valence-electron chi connectivity index (χ4n) is 1.76. The fourth-order valence-corrected chi connectivity index (χ4v) is 1.76. The summed E-state index contributed by atoms with van der Waals surface area (Å²) in [5, 5.41) is 12.2. The van der Waals surface area contributed by atoms with Gasteiger partial charge in [-0.15, -0.1) is 0 Å². The Bertz CT molecular complexity index is 135. The first-order chi connectivity index (χ1) is 5.35. The zero-order valence-electron chi connectivity index (χ0n) is 6.68. The summed E-state index contributed by atoms with van der Waals surface area (Å²) < 4.78 is 5.47. The number of aliphatic hydroxyl groups is 1. The molecule has 2 rings (SSSR count). The van der Waals surface area contributed by atoms with E-state index in [0.29, 0.717) is 5.54 Å². The SMILES string of the molecule is OCC1CNC2(CCC2)CO1. The van der Waals surface area contributed by atoms with Gasteiger partial charge < -0.3 is 15.2 Å². The molecule has 1 spiro atoms. The number of ether oxygens (including phenoxy) is 1. The molecule has 1 unspecified atom stereocenters. The third kappa shape index (κ3) is 1.28. The molecule has 2 fully saturated rings. The molecule has 0 aromatic rings. The van der Waals surface area contributed by atoms with E-state index in [-0.39, 0.29) is 12.7 Å². The van der Waals surface area contributed by atoms with Crippen LogP contribution >= 0.6 is 0 Å². The molecule has 1 heterocycles.